The van der Waals surface area contributed by atoms with E-state index in [0.717, 1.165) is 23.9 Å². The van der Waals surface area contributed by atoms with E-state index in [4.69, 9.17) is 5.11 Å². The second-order valence-corrected chi connectivity index (χ2v) is 5.55. The smallest absolute Gasteiger partial charge is 0.306 e. The molecule has 1 aromatic heterocycles. The Kier molecular flexibility index (Phi) is 3.73. The van der Waals surface area contributed by atoms with Crippen LogP contribution in [0.2, 0.25) is 0 Å². The number of hydrogen-bond donors (Lipinski definition) is 2. The van der Waals surface area contributed by atoms with E-state index in [1.807, 2.05) is 6.07 Å². The Bertz CT molecular complexity index is 666. The number of benzene rings is 1. The van der Waals surface area contributed by atoms with E-state index in [1.165, 1.54) is 12.1 Å². The number of rotatable bonds is 3. The molecule has 2 N–H and O–H groups in total. The van der Waals surface area contributed by atoms with E-state index in [-0.39, 0.29) is 17.8 Å². The summed E-state index contributed by atoms with van der Waals surface area (Å²) in [6, 6.07) is 6.71. The number of carbonyl (C=O) groups is 1. The number of anilines is 1. The lowest BCUT2D eigenvalue weighted by atomic mass is 9.86. The van der Waals surface area contributed by atoms with Crippen molar-refractivity contribution in [3.8, 4) is 0 Å². The van der Waals surface area contributed by atoms with Gasteiger partial charge in [0.25, 0.3) is 0 Å². The van der Waals surface area contributed by atoms with Gasteiger partial charge < -0.3 is 10.4 Å². The third kappa shape index (κ3) is 2.96. The highest BCUT2D eigenvalue weighted by atomic mass is 19.1. The Labute approximate surface area is 122 Å². The minimum Gasteiger partial charge on any atom is -0.481 e. The predicted molar refractivity (Wildman–Crippen MR) is 78.7 cm³/mol. The molecular weight excluding hydrogens is 271 g/mol. The van der Waals surface area contributed by atoms with Crippen LogP contribution in [0.3, 0.4) is 0 Å². The first kappa shape index (κ1) is 13.8. The van der Waals surface area contributed by atoms with Crippen molar-refractivity contribution in [2.24, 2.45) is 5.92 Å². The van der Waals surface area contributed by atoms with E-state index >= 15 is 0 Å². The van der Waals surface area contributed by atoms with Crippen LogP contribution in [0.25, 0.3) is 10.9 Å². The van der Waals surface area contributed by atoms with Crippen LogP contribution in [0.15, 0.2) is 30.5 Å². The van der Waals surface area contributed by atoms with Crippen LogP contribution in [-0.2, 0) is 4.79 Å². The first-order chi connectivity index (χ1) is 10.1. The average Bonchev–Trinajstić information content (AvgIpc) is 2.47. The number of fused-ring (bicyclic) bond motifs is 1. The number of carboxylic acids is 1. The second kappa shape index (κ2) is 5.68. The first-order valence-electron chi connectivity index (χ1n) is 7.17. The van der Waals surface area contributed by atoms with Crippen molar-refractivity contribution in [2.45, 2.75) is 31.7 Å². The van der Waals surface area contributed by atoms with Gasteiger partial charge in [-0.2, -0.15) is 0 Å². The van der Waals surface area contributed by atoms with E-state index in [2.05, 4.69) is 10.3 Å². The topological polar surface area (TPSA) is 62.2 Å². The minimum absolute atomic E-state index is 0.216. The predicted octanol–water partition coefficient (Wildman–Crippen LogP) is 3.43. The summed E-state index contributed by atoms with van der Waals surface area (Å²) in [5.41, 5.74) is 1.55. The lowest BCUT2D eigenvalue weighted by molar-refractivity contribution is -0.142. The highest BCUT2D eigenvalue weighted by Crippen LogP contribution is 2.29. The Morgan fingerprint density at radius 1 is 1.24 bits per heavy atom. The number of aliphatic carboxylic acids is 1. The van der Waals surface area contributed by atoms with Crippen LogP contribution in [0, 0.1) is 11.7 Å². The van der Waals surface area contributed by atoms with Crippen LogP contribution in [-0.4, -0.2) is 22.1 Å². The van der Waals surface area contributed by atoms with Gasteiger partial charge in [-0.05, 0) is 43.9 Å². The number of nitrogens with zero attached hydrogens (tertiary/aromatic N) is 1. The van der Waals surface area contributed by atoms with E-state index in [9.17, 15) is 9.18 Å². The molecule has 2 aromatic rings. The maximum atomic E-state index is 13.2. The molecule has 4 nitrogen and oxygen atoms in total. The zero-order valence-electron chi connectivity index (χ0n) is 11.6. The summed E-state index contributed by atoms with van der Waals surface area (Å²) in [7, 11) is 0. The van der Waals surface area contributed by atoms with Gasteiger partial charge in [0, 0.05) is 29.4 Å². The summed E-state index contributed by atoms with van der Waals surface area (Å²) in [6.07, 6.45) is 4.73. The third-order valence-corrected chi connectivity index (χ3v) is 4.14. The number of pyridine rings is 1. The molecule has 0 bridgehead atoms. The van der Waals surface area contributed by atoms with Gasteiger partial charge in [0.1, 0.15) is 5.82 Å². The zero-order chi connectivity index (χ0) is 14.8. The molecule has 0 aliphatic heterocycles. The molecule has 1 saturated carbocycles. The molecule has 0 atom stereocenters. The van der Waals surface area contributed by atoms with Crippen molar-refractivity contribution in [3.05, 3.63) is 36.3 Å². The van der Waals surface area contributed by atoms with Crippen LogP contribution < -0.4 is 5.32 Å². The highest BCUT2D eigenvalue weighted by molar-refractivity contribution is 5.91. The summed E-state index contributed by atoms with van der Waals surface area (Å²) in [5, 5.41) is 13.4. The monoisotopic (exact) mass is 288 g/mol. The molecule has 0 unspecified atom stereocenters. The fraction of sp³-hybridized carbons (Fsp3) is 0.375. The number of aromatic nitrogens is 1. The fourth-order valence-corrected chi connectivity index (χ4v) is 2.95. The molecule has 110 valence electrons. The van der Waals surface area contributed by atoms with Crippen molar-refractivity contribution >= 4 is 22.6 Å². The van der Waals surface area contributed by atoms with Gasteiger partial charge in [0.05, 0.1) is 11.4 Å². The van der Waals surface area contributed by atoms with Crippen LogP contribution in [0.5, 0.6) is 0 Å². The molecule has 1 aliphatic carbocycles. The number of carboxylic acid groups (broad SMARTS) is 1. The summed E-state index contributed by atoms with van der Waals surface area (Å²) < 4.78 is 13.2. The van der Waals surface area contributed by atoms with Crippen LogP contribution in [0.1, 0.15) is 25.7 Å². The Hall–Kier alpha value is -2.17. The molecule has 0 amide bonds. The second-order valence-electron chi connectivity index (χ2n) is 5.55. The SMILES string of the molecule is O=C(O)C1CCC(Nc2ccnc3cc(F)ccc23)CC1. The van der Waals surface area contributed by atoms with Crippen molar-refractivity contribution in [2.75, 3.05) is 5.32 Å². The quantitative estimate of drug-likeness (QED) is 0.908. The van der Waals surface area contributed by atoms with Gasteiger partial charge in [-0.3, -0.25) is 9.78 Å². The minimum atomic E-state index is -0.696. The third-order valence-electron chi connectivity index (χ3n) is 4.14. The van der Waals surface area contributed by atoms with E-state index in [1.54, 1.807) is 12.3 Å². The maximum absolute atomic E-state index is 13.2. The highest BCUT2D eigenvalue weighted by Gasteiger charge is 2.25. The number of nitrogens with one attached hydrogen (secondary N) is 1. The molecule has 1 aromatic carbocycles. The molecule has 1 fully saturated rings. The molecule has 0 spiro atoms. The lowest BCUT2D eigenvalue weighted by Gasteiger charge is -2.28. The van der Waals surface area contributed by atoms with Gasteiger partial charge in [-0.25, -0.2) is 4.39 Å². The van der Waals surface area contributed by atoms with E-state index < -0.39 is 5.97 Å². The van der Waals surface area contributed by atoms with Gasteiger partial charge in [-0.1, -0.05) is 0 Å². The van der Waals surface area contributed by atoms with Gasteiger partial charge >= 0.3 is 5.97 Å². The summed E-state index contributed by atoms with van der Waals surface area (Å²) in [6.45, 7) is 0. The van der Waals surface area contributed by atoms with Gasteiger partial charge in [0.2, 0.25) is 0 Å². The molecule has 1 heterocycles. The van der Waals surface area contributed by atoms with Gasteiger partial charge in [-0.15, -0.1) is 0 Å². The standard InChI is InChI=1S/C16H17FN2O2/c17-11-3-6-13-14(7-8-18-15(13)9-11)19-12-4-1-10(2-5-12)16(20)21/h3,6-10,12H,1-2,4-5H2,(H,18,19)(H,20,21). The lowest BCUT2D eigenvalue weighted by Crippen LogP contribution is -2.29. The first-order valence-corrected chi connectivity index (χ1v) is 7.17. The summed E-state index contributed by atoms with van der Waals surface area (Å²) in [5.74, 6) is -1.21. The van der Waals surface area contributed by atoms with Crippen LogP contribution in [0.4, 0.5) is 10.1 Å². The van der Waals surface area contributed by atoms with Crippen molar-refractivity contribution in [1.29, 1.82) is 0 Å². The molecule has 5 heteroatoms. The molecule has 0 radical (unpaired) electrons. The number of halogens is 1. The number of hydrogen-bond acceptors (Lipinski definition) is 3. The van der Waals surface area contributed by atoms with Gasteiger partial charge in [0.15, 0.2) is 0 Å². The summed E-state index contributed by atoms with van der Waals surface area (Å²) in [4.78, 5) is 15.1. The molecule has 1 aliphatic rings. The normalized spacial score (nSPS) is 22.1. The fourth-order valence-electron chi connectivity index (χ4n) is 2.95. The molecule has 0 saturated heterocycles. The largest absolute Gasteiger partial charge is 0.481 e. The van der Waals surface area contributed by atoms with E-state index in [0.29, 0.717) is 18.4 Å². The van der Waals surface area contributed by atoms with Crippen molar-refractivity contribution in [1.82, 2.24) is 4.98 Å². The molecule has 21 heavy (non-hydrogen) atoms. The maximum Gasteiger partial charge on any atom is 0.306 e. The summed E-state index contributed by atoms with van der Waals surface area (Å²) >= 11 is 0. The average molecular weight is 288 g/mol. The Morgan fingerprint density at radius 3 is 2.71 bits per heavy atom. The molecular formula is C16H17FN2O2. The van der Waals surface area contributed by atoms with Crippen molar-refractivity contribution in [3.63, 3.8) is 0 Å². The Balaban J connectivity index is 1.75. The van der Waals surface area contributed by atoms with Crippen LogP contribution >= 0.6 is 0 Å². The Morgan fingerprint density at radius 2 is 2.00 bits per heavy atom. The molecule has 3 rings (SSSR count). The van der Waals surface area contributed by atoms with Crippen molar-refractivity contribution < 1.29 is 14.3 Å². The zero-order valence-corrected chi connectivity index (χ0v) is 11.6.